The first kappa shape index (κ1) is 14.9. The fourth-order valence-electron chi connectivity index (χ4n) is 0.594. The summed E-state index contributed by atoms with van der Waals surface area (Å²) in [5.74, 6) is -0.258. The summed E-state index contributed by atoms with van der Waals surface area (Å²) in [4.78, 5) is 12.3. The van der Waals surface area contributed by atoms with Gasteiger partial charge in [-0.25, -0.2) is 0 Å². The van der Waals surface area contributed by atoms with Gasteiger partial charge in [-0.15, -0.1) is 0 Å². The summed E-state index contributed by atoms with van der Waals surface area (Å²) in [7, 11) is 3.96. The van der Waals surface area contributed by atoms with E-state index in [-0.39, 0.29) is 13.4 Å². The highest BCUT2D eigenvalue weighted by Crippen LogP contribution is 1.81. The van der Waals surface area contributed by atoms with Gasteiger partial charge in [-0.1, -0.05) is 7.43 Å². The summed E-state index contributed by atoms with van der Waals surface area (Å²) in [5, 5.41) is 0. The van der Waals surface area contributed by atoms with Crippen LogP contribution >= 0.6 is 0 Å². The maximum atomic E-state index is 10.3. The van der Waals surface area contributed by atoms with Crippen molar-refractivity contribution in [2.75, 3.05) is 40.5 Å². The molecule has 0 amide bonds. The van der Waals surface area contributed by atoms with Gasteiger partial charge >= 0.3 is 5.97 Å². The molecule has 0 bridgehead atoms. The number of hydrogen-bond acceptors (Lipinski definition) is 4. The molecule has 0 rings (SSSR count). The van der Waals surface area contributed by atoms with Gasteiger partial charge < -0.3 is 14.4 Å². The second-order valence-corrected chi connectivity index (χ2v) is 2.76. The van der Waals surface area contributed by atoms with Crippen LogP contribution < -0.4 is 0 Å². The molecule has 0 aromatic heterocycles. The second-order valence-electron chi connectivity index (χ2n) is 2.76. The Bertz CT molecular complexity index is 126. The standard InChI is InChI=1S/C8H17NO3.CH4/c1-8(10)12-7-6-11-5-4-9(2)3;/h4-7H2,1-3H3;1H4. The predicted molar refractivity (Wildman–Crippen MR) is 52.7 cm³/mol. The number of ether oxygens (including phenoxy) is 2. The number of esters is 1. The van der Waals surface area contributed by atoms with Crippen LogP contribution in [-0.4, -0.2) is 51.3 Å². The zero-order valence-corrected chi connectivity index (χ0v) is 8.00. The first-order valence-electron chi connectivity index (χ1n) is 3.98. The smallest absolute Gasteiger partial charge is 0.302 e. The molecule has 13 heavy (non-hydrogen) atoms. The Morgan fingerprint density at radius 2 is 1.85 bits per heavy atom. The van der Waals surface area contributed by atoms with Crippen LogP contribution in [-0.2, 0) is 14.3 Å². The highest BCUT2D eigenvalue weighted by molar-refractivity contribution is 5.65. The summed E-state index contributed by atoms with van der Waals surface area (Å²) in [6.45, 7) is 3.78. The molecule has 0 heterocycles. The molecule has 0 unspecified atom stereocenters. The quantitative estimate of drug-likeness (QED) is 0.459. The molecule has 0 aromatic rings. The van der Waals surface area contributed by atoms with Crippen LogP contribution in [0, 0.1) is 0 Å². The predicted octanol–water partition coefficient (Wildman–Crippen LogP) is 0.764. The number of likely N-dealkylation sites (N-methyl/N-ethyl adjacent to an activating group) is 1. The average molecular weight is 191 g/mol. The van der Waals surface area contributed by atoms with Gasteiger partial charge in [0.1, 0.15) is 6.61 Å². The number of hydrogen-bond donors (Lipinski definition) is 0. The van der Waals surface area contributed by atoms with Crippen molar-refractivity contribution in [1.29, 1.82) is 0 Å². The largest absolute Gasteiger partial charge is 0.463 e. The minimum absolute atomic E-state index is 0. The van der Waals surface area contributed by atoms with Gasteiger partial charge in [-0.2, -0.15) is 0 Å². The van der Waals surface area contributed by atoms with Crippen LogP contribution in [0.4, 0.5) is 0 Å². The van der Waals surface area contributed by atoms with Crippen molar-refractivity contribution in [3.8, 4) is 0 Å². The molecular weight excluding hydrogens is 170 g/mol. The molecule has 0 saturated heterocycles. The summed E-state index contributed by atoms with van der Waals surface area (Å²) >= 11 is 0. The van der Waals surface area contributed by atoms with Gasteiger partial charge in [-0.05, 0) is 14.1 Å². The van der Waals surface area contributed by atoms with Crippen LogP contribution in [0.2, 0.25) is 0 Å². The van der Waals surface area contributed by atoms with Crippen LogP contribution in [0.15, 0.2) is 0 Å². The molecule has 0 saturated carbocycles. The zero-order valence-electron chi connectivity index (χ0n) is 8.00. The summed E-state index contributed by atoms with van der Waals surface area (Å²) in [6, 6.07) is 0. The van der Waals surface area contributed by atoms with Gasteiger partial charge in [0, 0.05) is 13.5 Å². The van der Waals surface area contributed by atoms with E-state index in [0.29, 0.717) is 19.8 Å². The summed E-state index contributed by atoms with van der Waals surface area (Å²) < 4.78 is 9.85. The lowest BCUT2D eigenvalue weighted by Crippen LogP contribution is -2.19. The van der Waals surface area contributed by atoms with E-state index in [4.69, 9.17) is 4.74 Å². The Morgan fingerprint density at radius 1 is 1.23 bits per heavy atom. The first-order chi connectivity index (χ1) is 5.63. The van der Waals surface area contributed by atoms with E-state index in [9.17, 15) is 4.79 Å². The van der Waals surface area contributed by atoms with E-state index in [1.54, 1.807) is 0 Å². The van der Waals surface area contributed by atoms with E-state index >= 15 is 0 Å². The molecule has 0 aliphatic carbocycles. The lowest BCUT2D eigenvalue weighted by Gasteiger charge is -2.09. The fourth-order valence-corrected chi connectivity index (χ4v) is 0.594. The maximum absolute atomic E-state index is 10.3. The third-order valence-electron chi connectivity index (χ3n) is 1.22. The van der Waals surface area contributed by atoms with Crippen molar-refractivity contribution in [3.63, 3.8) is 0 Å². The fraction of sp³-hybridized carbons (Fsp3) is 0.889. The Hall–Kier alpha value is -0.610. The molecular formula is C9H21NO3. The minimum atomic E-state index is -0.258. The molecule has 0 atom stereocenters. The highest BCUT2D eigenvalue weighted by Gasteiger charge is 1.93. The van der Waals surface area contributed by atoms with Crippen molar-refractivity contribution in [2.24, 2.45) is 0 Å². The average Bonchev–Trinajstić information content (AvgIpc) is 1.95. The highest BCUT2D eigenvalue weighted by atomic mass is 16.6. The van der Waals surface area contributed by atoms with E-state index < -0.39 is 0 Å². The number of nitrogens with zero attached hydrogens (tertiary/aromatic N) is 1. The SMILES string of the molecule is C.CC(=O)OCCOCCN(C)C. The van der Waals surface area contributed by atoms with Crippen molar-refractivity contribution in [1.82, 2.24) is 4.90 Å². The van der Waals surface area contributed by atoms with Crippen molar-refractivity contribution >= 4 is 5.97 Å². The normalized spacial score (nSPS) is 9.54. The molecule has 0 spiro atoms. The Balaban J connectivity index is 0. The lowest BCUT2D eigenvalue weighted by atomic mass is 10.6. The Kier molecular flexibility index (Phi) is 10.9. The van der Waals surface area contributed by atoms with Gasteiger partial charge in [0.05, 0.1) is 13.2 Å². The van der Waals surface area contributed by atoms with Crippen LogP contribution in [0.3, 0.4) is 0 Å². The minimum Gasteiger partial charge on any atom is -0.463 e. The molecule has 0 aliphatic rings. The monoisotopic (exact) mass is 191 g/mol. The number of rotatable bonds is 6. The Labute approximate surface area is 80.8 Å². The maximum Gasteiger partial charge on any atom is 0.302 e. The van der Waals surface area contributed by atoms with Crippen LogP contribution in [0.5, 0.6) is 0 Å². The van der Waals surface area contributed by atoms with Crippen molar-refractivity contribution < 1.29 is 14.3 Å². The molecule has 4 heteroatoms. The molecule has 0 aromatic carbocycles. The van der Waals surface area contributed by atoms with Crippen LogP contribution in [0.1, 0.15) is 14.4 Å². The van der Waals surface area contributed by atoms with Gasteiger partial charge in [0.15, 0.2) is 0 Å². The lowest BCUT2D eigenvalue weighted by molar-refractivity contribution is -0.142. The third kappa shape index (κ3) is 14.3. The summed E-state index contributed by atoms with van der Waals surface area (Å²) in [5.41, 5.74) is 0. The van der Waals surface area contributed by atoms with E-state index in [1.807, 2.05) is 19.0 Å². The zero-order chi connectivity index (χ0) is 9.40. The number of carbonyl (C=O) groups excluding carboxylic acids is 1. The van der Waals surface area contributed by atoms with Crippen LogP contribution in [0.25, 0.3) is 0 Å². The molecule has 0 fully saturated rings. The first-order valence-corrected chi connectivity index (χ1v) is 3.98. The third-order valence-corrected chi connectivity index (χ3v) is 1.22. The van der Waals surface area contributed by atoms with Crippen molar-refractivity contribution in [2.45, 2.75) is 14.4 Å². The molecule has 4 nitrogen and oxygen atoms in total. The van der Waals surface area contributed by atoms with Crippen molar-refractivity contribution in [3.05, 3.63) is 0 Å². The number of carbonyl (C=O) groups is 1. The second kappa shape index (κ2) is 9.48. The molecule has 0 aliphatic heterocycles. The van der Waals surface area contributed by atoms with E-state index in [2.05, 4.69) is 4.74 Å². The topological polar surface area (TPSA) is 38.8 Å². The van der Waals surface area contributed by atoms with Gasteiger partial charge in [0.2, 0.25) is 0 Å². The summed E-state index contributed by atoms with van der Waals surface area (Å²) in [6.07, 6.45) is 0. The van der Waals surface area contributed by atoms with Gasteiger partial charge in [0.25, 0.3) is 0 Å². The van der Waals surface area contributed by atoms with E-state index in [0.717, 1.165) is 6.54 Å². The molecule has 80 valence electrons. The molecule has 0 radical (unpaired) electrons. The Morgan fingerprint density at radius 3 is 2.31 bits per heavy atom. The van der Waals surface area contributed by atoms with Gasteiger partial charge in [-0.3, -0.25) is 4.79 Å². The molecule has 0 N–H and O–H groups in total. The van der Waals surface area contributed by atoms with E-state index in [1.165, 1.54) is 6.92 Å².